The van der Waals surface area contributed by atoms with E-state index in [0.717, 1.165) is 36.7 Å². The lowest BCUT2D eigenvalue weighted by Crippen LogP contribution is -2.39. The van der Waals surface area contributed by atoms with Crippen molar-refractivity contribution in [2.24, 2.45) is 14.1 Å². The molecule has 7 nitrogen and oxygen atoms in total. The van der Waals surface area contributed by atoms with Crippen LogP contribution in [0, 0.1) is 0 Å². The SMILES string of the molecule is Cn1c(=O)c2c(ncn2CC2(O)CCCCC2)n(C)c1=O. The van der Waals surface area contributed by atoms with Crippen LogP contribution in [0.2, 0.25) is 0 Å². The van der Waals surface area contributed by atoms with Crippen LogP contribution in [0.3, 0.4) is 0 Å². The Morgan fingerprint density at radius 3 is 2.52 bits per heavy atom. The van der Waals surface area contributed by atoms with Crippen LogP contribution in [0.25, 0.3) is 11.2 Å². The average molecular weight is 292 g/mol. The molecule has 0 amide bonds. The van der Waals surface area contributed by atoms with E-state index in [2.05, 4.69) is 4.98 Å². The molecule has 0 aliphatic heterocycles. The summed E-state index contributed by atoms with van der Waals surface area (Å²) < 4.78 is 4.12. The second-order valence-corrected chi connectivity index (χ2v) is 6.04. The molecule has 3 rings (SSSR count). The summed E-state index contributed by atoms with van der Waals surface area (Å²) in [6.07, 6.45) is 6.15. The summed E-state index contributed by atoms with van der Waals surface area (Å²) in [6.45, 7) is 0.344. The number of aryl methyl sites for hydroxylation is 1. The Hall–Kier alpha value is -1.89. The molecule has 1 aliphatic rings. The molecule has 0 spiro atoms. The van der Waals surface area contributed by atoms with Crippen molar-refractivity contribution in [2.75, 3.05) is 0 Å². The molecular formula is C14H20N4O3. The van der Waals surface area contributed by atoms with Gasteiger partial charge in [-0.25, -0.2) is 9.78 Å². The predicted octanol–water partition coefficient (Wildman–Crippen LogP) is 0.129. The first-order chi connectivity index (χ1) is 9.93. The van der Waals surface area contributed by atoms with Crippen molar-refractivity contribution in [3.63, 3.8) is 0 Å². The Labute approximate surface area is 121 Å². The van der Waals surface area contributed by atoms with E-state index < -0.39 is 11.3 Å². The standard InChI is InChI=1S/C14H20N4O3/c1-16-11-10(12(19)17(2)13(16)20)18(9-15-11)8-14(21)6-4-3-5-7-14/h9,21H,3-8H2,1-2H3. The van der Waals surface area contributed by atoms with Crippen LogP contribution in [0.5, 0.6) is 0 Å². The van der Waals surface area contributed by atoms with E-state index in [9.17, 15) is 14.7 Å². The monoisotopic (exact) mass is 292 g/mol. The zero-order chi connectivity index (χ0) is 15.2. The fourth-order valence-electron chi connectivity index (χ4n) is 3.20. The van der Waals surface area contributed by atoms with Crippen molar-refractivity contribution in [1.82, 2.24) is 18.7 Å². The Morgan fingerprint density at radius 1 is 1.19 bits per heavy atom. The minimum atomic E-state index is -0.786. The highest BCUT2D eigenvalue weighted by Crippen LogP contribution is 2.29. The summed E-state index contributed by atoms with van der Waals surface area (Å²) in [5, 5.41) is 10.7. The van der Waals surface area contributed by atoms with Gasteiger partial charge in [0.15, 0.2) is 11.2 Å². The van der Waals surface area contributed by atoms with Crippen LogP contribution in [-0.4, -0.2) is 29.4 Å². The molecule has 0 unspecified atom stereocenters. The first-order valence-electron chi connectivity index (χ1n) is 7.26. The third kappa shape index (κ3) is 2.21. The van der Waals surface area contributed by atoms with Gasteiger partial charge in [0, 0.05) is 14.1 Å². The zero-order valence-corrected chi connectivity index (χ0v) is 12.4. The Balaban J connectivity index is 2.13. The van der Waals surface area contributed by atoms with Crippen molar-refractivity contribution in [3.8, 4) is 0 Å². The predicted molar refractivity (Wildman–Crippen MR) is 78.2 cm³/mol. The second kappa shape index (κ2) is 4.84. The van der Waals surface area contributed by atoms with Gasteiger partial charge in [-0.2, -0.15) is 0 Å². The molecule has 0 atom stereocenters. The number of hydrogen-bond acceptors (Lipinski definition) is 4. The molecule has 0 aromatic carbocycles. The Bertz CT molecular complexity index is 793. The van der Waals surface area contributed by atoms with E-state index >= 15 is 0 Å². The van der Waals surface area contributed by atoms with E-state index in [-0.39, 0.29) is 5.56 Å². The largest absolute Gasteiger partial charge is 0.388 e. The number of hydrogen-bond donors (Lipinski definition) is 1. The number of imidazole rings is 1. The first-order valence-corrected chi connectivity index (χ1v) is 7.26. The van der Waals surface area contributed by atoms with Gasteiger partial charge in [0.05, 0.1) is 18.5 Å². The minimum Gasteiger partial charge on any atom is -0.388 e. The summed E-state index contributed by atoms with van der Waals surface area (Å²) >= 11 is 0. The number of nitrogens with zero attached hydrogens (tertiary/aromatic N) is 4. The molecule has 0 radical (unpaired) electrons. The zero-order valence-electron chi connectivity index (χ0n) is 12.4. The maximum atomic E-state index is 12.3. The van der Waals surface area contributed by atoms with Crippen molar-refractivity contribution in [2.45, 2.75) is 44.2 Å². The quantitative estimate of drug-likeness (QED) is 0.853. The van der Waals surface area contributed by atoms with Gasteiger partial charge in [0.25, 0.3) is 5.56 Å². The molecule has 1 saturated carbocycles. The summed E-state index contributed by atoms with van der Waals surface area (Å²) in [4.78, 5) is 28.4. The molecule has 2 aromatic rings. The van der Waals surface area contributed by atoms with Gasteiger partial charge >= 0.3 is 5.69 Å². The molecule has 0 bridgehead atoms. The maximum Gasteiger partial charge on any atom is 0.332 e. The number of fused-ring (bicyclic) bond motifs is 1. The third-order valence-electron chi connectivity index (χ3n) is 4.47. The number of rotatable bonds is 2. The van der Waals surface area contributed by atoms with Crippen LogP contribution in [0.1, 0.15) is 32.1 Å². The Morgan fingerprint density at radius 2 is 1.86 bits per heavy atom. The van der Waals surface area contributed by atoms with Crippen LogP contribution in [0.15, 0.2) is 15.9 Å². The van der Waals surface area contributed by atoms with Crippen molar-refractivity contribution >= 4 is 11.2 Å². The highest BCUT2D eigenvalue weighted by atomic mass is 16.3. The molecule has 1 fully saturated rings. The molecule has 2 aromatic heterocycles. The topological polar surface area (TPSA) is 82.0 Å². The second-order valence-electron chi connectivity index (χ2n) is 6.04. The molecule has 0 saturated heterocycles. The van der Waals surface area contributed by atoms with Crippen molar-refractivity contribution < 1.29 is 5.11 Å². The lowest BCUT2D eigenvalue weighted by Gasteiger charge is -2.32. The summed E-state index contributed by atoms with van der Waals surface area (Å²) in [5.74, 6) is 0. The maximum absolute atomic E-state index is 12.3. The summed E-state index contributed by atoms with van der Waals surface area (Å²) in [7, 11) is 3.05. The third-order valence-corrected chi connectivity index (χ3v) is 4.47. The van der Waals surface area contributed by atoms with Gasteiger partial charge < -0.3 is 9.67 Å². The van der Waals surface area contributed by atoms with Crippen LogP contribution < -0.4 is 11.2 Å². The average Bonchev–Trinajstić information content (AvgIpc) is 2.86. The van der Waals surface area contributed by atoms with Crippen LogP contribution in [0.4, 0.5) is 0 Å². The smallest absolute Gasteiger partial charge is 0.332 e. The van der Waals surface area contributed by atoms with Crippen molar-refractivity contribution in [3.05, 3.63) is 27.2 Å². The lowest BCUT2D eigenvalue weighted by atomic mass is 9.85. The van der Waals surface area contributed by atoms with Gasteiger partial charge in [-0.3, -0.25) is 13.9 Å². The fourth-order valence-corrected chi connectivity index (χ4v) is 3.20. The first kappa shape index (κ1) is 14.1. The van der Waals surface area contributed by atoms with Gasteiger partial charge in [-0.15, -0.1) is 0 Å². The Kier molecular flexibility index (Phi) is 3.24. The van der Waals surface area contributed by atoms with E-state index in [1.807, 2.05) is 0 Å². The lowest BCUT2D eigenvalue weighted by molar-refractivity contribution is -0.0106. The van der Waals surface area contributed by atoms with Gasteiger partial charge in [0.2, 0.25) is 0 Å². The van der Waals surface area contributed by atoms with Gasteiger partial charge in [-0.05, 0) is 12.8 Å². The minimum absolute atomic E-state index is 0.344. The normalized spacial score (nSPS) is 18.2. The number of aromatic nitrogens is 4. The summed E-state index contributed by atoms with van der Waals surface area (Å²) in [5.41, 5.74) is -0.814. The van der Waals surface area contributed by atoms with E-state index in [0.29, 0.717) is 17.7 Å². The molecular weight excluding hydrogens is 272 g/mol. The van der Waals surface area contributed by atoms with Crippen LogP contribution >= 0.6 is 0 Å². The molecule has 1 N–H and O–H groups in total. The molecule has 114 valence electrons. The van der Waals surface area contributed by atoms with E-state index in [1.54, 1.807) is 11.6 Å². The fraction of sp³-hybridized carbons (Fsp3) is 0.643. The molecule has 1 aliphatic carbocycles. The number of aliphatic hydroxyl groups is 1. The molecule has 21 heavy (non-hydrogen) atoms. The highest BCUT2D eigenvalue weighted by molar-refractivity contribution is 5.69. The summed E-state index contributed by atoms with van der Waals surface area (Å²) in [6, 6.07) is 0. The highest BCUT2D eigenvalue weighted by Gasteiger charge is 2.30. The molecule has 2 heterocycles. The van der Waals surface area contributed by atoms with E-state index in [1.165, 1.54) is 17.9 Å². The van der Waals surface area contributed by atoms with Gasteiger partial charge in [0.1, 0.15) is 0 Å². The van der Waals surface area contributed by atoms with Gasteiger partial charge in [-0.1, -0.05) is 19.3 Å². The molecule has 7 heteroatoms. The van der Waals surface area contributed by atoms with Crippen LogP contribution in [-0.2, 0) is 20.6 Å². The van der Waals surface area contributed by atoms with E-state index in [4.69, 9.17) is 0 Å². The van der Waals surface area contributed by atoms with Crippen molar-refractivity contribution in [1.29, 1.82) is 0 Å².